The highest BCUT2D eigenvalue weighted by Crippen LogP contribution is 2.26. The molecule has 4 heteroatoms. The maximum absolute atomic E-state index is 13.8. The third-order valence-electron chi connectivity index (χ3n) is 3.57. The van der Waals surface area contributed by atoms with Crippen molar-refractivity contribution < 1.29 is 9.50 Å². The zero-order chi connectivity index (χ0) is 13.3. The van der Waals surface area contributed by atoms with E-state index >= 15 is 0 Å². The summed E-state index contributed by atoms with van der Waals surface area (Å²) in [7, 11) is 0. The molecule has 3 atom stereocenters. The monoisotopic (exact) mass is 252 g/mol. The Morgan fingerprint density at radius 1 is 1.33 bits per heavy atom. The van der Waals surface area contributed by atoms with Gasteiger partial charge in [0.15, 0.2) is 0 Å². The summed E-state index contributed by atoms with van der Waals surface area (Å²) < 4.78 is 13.8. The highest BCUT2D eigenvalue weighted by molar-refractivity contribution is 5.29. The third kappa shape index (κ3) is 2.82. The van der Waals surface area contributed by atoms with Crippen LogP contribution >= 0.6 is 0 Å². The van der Waals surface area contributed by atoms with Crippen molar-refractivity contribution in [3.05, 3.63) is 29.6 Å². The number of rotatable bonds is 2. The van der Waals surface area contributed by atoms with Crippen molar-refractivity contribution in [2.45, 2.75) is 38.9 Å². The number of hydrogen-bond acceptors (Lipinski definition) is 3. The van der Waals surface area contributed by atoms with Crippen LogP contribution < -0.4 is 5.32 Å². The zero-order valence-corrected chi connectivity index (χ0v) is 11.2. The van der Waals surface area contributed by atoms with E-state index < -0.39 is 0 Å². The zero-order valence-electron chi connectivity index (χ0n) is 11.2. The average molecular weight is 252 g/mol. The maximum Gasteiger partial charge on any atom is 0.131 e. The SMILES string of the molecule is CC1CN(C(C)c2ccc(O)cc2F)CC(C)N1. The lowest BCUT2D eigenvalue weighted by Gasteiger charge is -2.39. The summed E-state index contributed by atoms with van der Waals surface area (Å²) in [5.74, 6) is -0.355. The molecular weight excluding hydrogens is 231 g/mol. The van der Waals surface area contributed by atoms with Crippen molar-refractivity contribution in [2.24, 2.45) is 0 Å². The fraction of sp³-hybridized carbons (Fsp3) is 0.571. The Morgan fingerprint density at radius 3 is 2.50 bits per heavy atom. The normalized spacial score (nSPS) is 27.1. The summed E-state index contributed by atoms with van der Waals surface area (Å²) in [6.45, 7) is 8.11. The van der Waals surface area contributed by atoms with Gasteiger partial charge in [0.05, 0.1) is 0 Å². The van der Waals surface area contributed by atoms with Crippen molar-refractivity contribution in [2.75, 3.05) is 13.1 Å². The summed E-state index contributed by atoms with van der Waals surface area (Å²) in [5, 5.41) is 12.7. The van der Waals surface area contributed by atoms with Crippen LogP contribution in [0, 0.1) is 5.82 Å². The van der Waals surface area contributed by atoms with Crippen LogP contribution in [0.4, 0.5) is 4.39 Å². The molecule has 0 aliphatic carbocycles. The van der Waals surface area contributed by atoms with E-state index in [1.807, 2.05) is 6.92 Å². The number of phenols is 1. The Kier molecular flexibility index (Phi) is 3.88. The number of nitrogens with zero attached hydrogens (tertiary/aromatic N) is 1. The lowest BCUT2D eigenvalue weighted by atomic mass is 10.0. The van der Waals surface area contributed by atoms with E-state index in [1.165, 1.54) is 6.07 Å². The molecule has 0 radical (unpaired) electrons. The van der Waals surface area contributed by atoms with Gasteiger partial charge < -0.3 is 10.4 Å². The quantitative estimate of drug-likeness (QED) is 0.847. The van der Waals surface area contributed by atoms with Crippen molar-refractivity contribution in [3.63, 3.8) is 0 Å². The predicted octanol–water partition coefficient (Wildman–Crippen LogP) is 2.27. The first-order valence-corrected chi connectivity index (χ1v) is 6.46. The highest BCUT2D eigenvalue weighted by atomic mass is 19.1. The lowest BCUT2D eigenvalue weighted by molar-refractivity contribution is 0.129. The van der Waals surface area contributed by atoms with E-state index in [1.54, 1.807) is 12.1 Å². The van der Waals surface area contributed by atoms with Crippen LogP contribution in [0.25, 0.3) is 0 Å². The van der Waals surface area contributed by atoms with E-state index in [4.69, 9.17) is 0 Å². The minimum absolute atomic E-state index is 0.0227. The van der Waals surface area contributed by atoms with Crippen LogP contribution in [0.2, 0.25) is 0 Å². The Bertz CT molecular complexity index is 414. The average Bonchev–Trinajstić information content (AvgIpc) is 2.26. The number of nitrogens with one attached hydrogen (secondary N) is 1. The minimum atomic E-state index is -0.332. The summed E-state index contributed by atoms with van der Waals surface area (Å²) in [5.41, 5.74) is 0.647. The largest absolute Gasteiger partial charge is 0.508 e. The molecule has 100 valence electrons. The van der Waals surface area contributed by atoms with Crippen molar-refractivity contribution in [3.8, 4) is 5.75 Å². The molecule has 1 saturated heterocycles. The molecule has 1 aromatic carbocycles. The van der Waals surface area contributed by atoms with Gasteiger partial charge in [-0.3, -0.25) is 4.90 Å². The first kappa shape index (κ1) is 13.3. The highest BCUT2D eigenvalue weighted by Gasteiger charge is 2.26. The third-order valence-corrected chi connectivity index (χ3v) is 3.57. The molecule has 0 aromatic heterocycles. The molecule has 1 heterocycles. The topological polar surface area (TPSA) is 35.5 Å². The lowest BCUT2D eigenvalue weighted by Crippen LogP contribution is -2.54. The summed E-state index contributed by atoms with van der Waals surface area (Å²) in [6, 6.07) is 5.25. The van der Waals surface area contributed by atoms with Gasteiger partial charge in [0.1, 0.15) is 11.6 Å². The second-order valence-electron chi connectivity index (χ2n) is 5.30. The minimum Gasteiger partial charge on any atom is -0.508 e. The molecule has 2 rings (SSSR count). The molecule has 1 aliphatic rings. The number of aromatic hydroxyl groups is 1. The Labute approximate surface area is 108 Å². The maximum atomic E-state index is 13.8. The summed E-state index contributed by atoms with van der Waals surface area (Å²) in [6.07, 6.45) is 0. The van der Waals surface area contributed by atoms with Gasteiger partial charge in [-0.05, 0) is 26.8 Å². The number of phenolic OH excluding ortho intramolecular Hbond substituents is 1. The van der Waals surface area contributed by atoms with Gasteiger partial charge in [-0.1, -0.05) is 6.07 Å². The Balaban J connectivity index is 2.17. The fourth-order valence-electron chi connectivity index (χ4n) is 2.74. The van der Waals surface area contributed by atoms with Gasteiger partial charge in [0.25, 0.3) is 0 Å². The Morgan fingerprint density at radius 2 is 1.94 bits per heavy atom. The molecule has 2 N–H and O–H groups in total. The summed E-state index contributed by atoms with van der Waals surface area (Å²) in [4.78, 5) is 2.28. The van der Waals surface area contributed by atoms with Crippen LogP contribution in [0.15, 0.2) is 18.2 Å². The number of benzene rings is 1. The van der Waals surface area contributed by atoms with Gasteiger partial charge in [-0.2, -0.15) is 0 Å². The molecule has 3 unspecified atom stereocenters. The second-order valence-corrected chi connectivity index (χ2v) is 5.30. The molecular formula is C14H21FN2O. The van der Waals surface area contributed by atoms with Gasteiger partial charge in [0.2, 0.25) is 0 Å². The molecule has 3 nitrogen and oxygen atoms in total. The molecule has 0 spiro atoms. The van der Waals surface area contributed by atoms with Gasteiger partial charge in [-0.25, -0.2) is 4.39 Å². The molecule has 0 amide bonds. The van der Waals surface area contributed by atoms with Crippen LogP contribution in [-0.4, -0.2) is 35.2 Å². The second kappa shape index (κ2) is 5.24. The summed E-state index contributed by atoms with van der Waals surface area (Å²) >= 11 is 0. The predicted molar refractivity (Wildman–Crippen MR) is 70.1 cm³/mol. The van der Waals surface area contributed by atoms with Crippen LogP contribution in [0.5, 0.6) is 5.75 Å². The van der Waals surface area contributed by atoms with E-state index in [0.29, 0.717) is 17.6 Å². The fourth-order valence-corrected chi connectivity index (χ4v) is 2.74. The first-order valence-electron chi connectivity index (χ1n) is 6.46. The van der Waals surface area contributed by atoms with Gasteiger partial charge >= 0.3 is 0 Å². The Hall–Kier alpha value is -1.13. The molecule has 1 aliphatic heterocycles. The molecule has 0 saturated carbocycles. The standard InChI is InChI=1S/C14H21FN2O/c1-9-7-17(8-10(2)16-9)11(3)13-5-4-12(18)6-14(13)15/h4-6,9-11,16,18H,7-8H2,1-3H3. The molecule has 18 heavy (non-hydrogen) atoms. The molecule has 1 aromatic rings. The molecule has 0 bridgehead atoms. The van der Waals surface area contributed by atoms with Crippen molar-refractivity contribution in [1.29, 1.82) is 0 Å². The van der Waals surface area contributed by atoms with Gasteiger partial charge in [-0.15, -0.1) is 0 Å². The van der Waals surface area contributed by atoms with Crippen LogP contribution in [0.3, 0.4) is 0 Å². The smallest absolute Gasteiger partial charge is 0.131 e. The van der Waals surface area contributed by atoms with E-state index in [-0.39, 0.29) is 17.6 Å². The van der Waals surface area contributed by atoms with E-state index in [2.05, 4.69) is 24.1 Å². The van der Waals surface area contributed by atoms with E-state index in [9.17, 15) is 9.50 Å². The van der Waals surface area contributed by atoms with Gasteiger partial charge in [0, 0.05) is 42.8 Å². The van der Waals surface area contributed by atoms with Crippen LogP contribution in [-0.2, 0) is 0 Å². The number of halogens is 1. The number of hydrogen-bond donors (Lipinski definition) is 2. The first-order chi connectivity index (χ1) is 8.47. The molecule has 1 fully saturated rings. The van der Waals surface area contributed by atoms with Crippen molar-refractivity contribution >= 4 is 0 Å². The van der Waals surface area contributed by atoms with Crippen molar-refractivity contribution in [1.82, 2.24) is 10.2 Å². The number of piperazine rings is 1. The van der Waals surface area contributed by atoms with E-state index in [0.717, 1.165) is 13.1 Å². The van der Waals surface area contributed by atoms with Crippen LogP contribution in [0.1, 0.15) is 32.4 Å².